The molecule has 0 spiro atoms. The predicted molar refractivity (Wildman–Crippen MR) is 102 cm³/mol. The Kier molecular flexibility index (Phi) is 8.65. The Bertz CT molecular complexity index is 579. The van der Waals surface area contributed by atoms with Gasteiger partial charge in [0, 0.05) is 25.7 Å². The lowest BCUT2D eigenvalue weighted by Gasteiger charge is -2.35. The molecule has 8 heteroatoms. The molecule has 0 aromatic heterocycles. The number of carbonyl (C=O) groups is 1. The van der Waals surface area contributed by atoms with Gasteiger partial charge < -0.3 is 15.1 Å². The van der Waals surface area contributed by atoms with Crippen LogP contribution in [0.1, 0.15) is 26.2 Å². The summed E-state index contributed by atoms with van der Waals surface area (Å²) in [7, 11) is 1.73. The number of nitrogens with one attached hydrogen (secondary N) is 1. The molecule has 1 heterocycles. The van der Waals surface area contributed by atoms with Crippen molar-refractivity contribution in [3.63, 3.8) is 0 Å². The smallest absolute Gasteiger partial charge is 0.292 e. The summed E-state index contributed by atoms with van der Waals surface area (Å²) in [6.07, 6.45) is 2.83. The first-order valence-electron chi connectivity index (χ1n) is 8.49. The van der Waals surface area contributed by atoms with Crippen LogP contribution in [0.4, 0.5) is 11.4 Å². The number of carbonyl (C=O) groups excluding carboxylic acids is 1. The van der Waals surface area contributed by atoms with Crippen LogP contribution in [0.2, 0.25) is 0 Å². The number of para-hydroxylation sites is 2. The van der Waals surface area contributed by atoms with Gasteiger partial charge >= 0.3 is 0 Å². The van der Waals surface area contributed by atoms with Crippen molar-refractivity contribution in [1.29, 1.82) is 0 Å². The highest BCUT2D eigenvalue weighted by atomic mass is 35.5. The first-order chi connectivity index (χ1) is 11.5. The predicted octanol–water partition coefficient (Wildman–Crippen LogP) is 2.44. The number of nitro benzene ring substituents is 1. The van der Waals surface area contributed by atoms with Crippen molar-refractivity contribution in [1.82, 2.24) is 10.2 Å². The molecule has 1 aromatic rings. The van der Waals surface area contributed by atoms with Gasteiger partial charge in [0.1, 0.15) is 5.69 Å². The van der Waals surface area contributed by atoms with Crippen LogP contribution in [-0.4, -0.2) is 55.0 Å². The van der Waals surface area contributed by atoms with E-state index in [2.05, 4.69) is 12.2 Å². The van der Waals surface area contributed by atoms with E-state index in [9.17, 15) is 14.9 Å². The molecule has 1 aliphatic heterocycles. The lowest BCUT2D eigenvalue weighted by atomic mass is 10.0. The second-order valence-electron chi connectivity index (χ2n) is 6.17. The molecular formula is C17H27ClN4O3. The fourth-order valence-electron chi connectivity index (χ4n) is 3.19. The molecule has 0 bridgehead atoms. The van der Waals surface area contributed by atoms with Gasteiger partial charge in [-0.3, -0.25) is 14.9 Å². The van der Waals surface area contributed by atoms with Crippen molar-refractivity contribution in [2.45, 2.75) is 32.2 Å². The fraction of sp³-hybridized carbons (Fsp3) is 0.588. The van der Waals surface area contributed by atoms with E-state index in [-0.39, 0.29) is 36.6 Å². The molecule has 0 atom stereocenters. The van der Waals surface area contributed by atoms with E-state index >= 15 is 0 Å². The quantitative estimate of drug-likeness (QED) is 0.589. The average Bonchev–Trinajstić information content (AvgIpc) is 2.60. The van der Waals surface area contributed by atoms with Crippen molar-refractivity contribution in [3.05, 3.63) is 34.4 Å². The first kappa shape index (κ1) is 21.2. The van der Waals surface area contributed by atoms with E-state index in [0.717, 1.165) is 38.9 Å². The molecule has 1 aromatic carbocycles. The standard InChI is InChI=1S/C17H26N4O3.ClH/c1-3-12-20(14-8-10-18-11-9-14)17(22)13-19(2)15-6-4-5-7-16(15)21(23)24;/h4-7,14,18H,3,8-13H2,1-2H3;1H. The maximum atomic E-state index is 12.8. The van der Waals surface area contributed by atoms with Gasteiger partial charge in [-0.1, -0.05) is 19.1 Å². The Morgan fingerprint density at radius 3 is 2.56 bits per heavy atom. The number of nitrogens with zero attached hydrogens (tertiary/aromatic N) is 3. The van der Waals surface area contributed by atoms with Crippen LogP contribution in [0.5, 0.6) is 0 Å². The van der Waals surface area contributed by atoms with Gasteiger partial charge in [-0.15, -0.1) is 12.4 Å². The van der Waals surface area contributed by atoms with Gasteiger partial charge in [0.2, 0.25) is 5.91 Å². The lowest BCUT2D eigenvalue weighted by Crippen LogP contribution is -2.49. The topological polar surface area (TPSA) is 78.7 Å². The number of hydrogen-bond donors (Lipinski definition) is 1. The number of amides is 1. The Balaban J connectivity index is 0.00000312. The van der Waals surface area contributed by atoms with E-state index in [1.54, 1.807) is 30.1 Å². The summed E-state index contributed by atoms with van der Waals surface area (Å²) in [6, 6.07) is 6.79. The van der Waals surface area contributed by atoms with Gasteiger partial charge in [-0.25, -0.2) is 0 Å². The number of rotatable bonds is 7. The van der Waals surface area contributed by atoms with Gasteiger partial charge in [0.25, 0.3) is 5.69 Å². The highest BCUT2D eigenvalue weighted by Gasteiger charge is 2.26. The van der Waals surface area contributed by atoms with E-state index in [0.29, 0.717) is 5.69 Å². The van der Waals surface area contributed by atoms with Crippen molar-refractivity contribution < 1.29 is 9.72 Å². The minimum Gasteiger partial charge on any atom is -0.360 e. The fourth-order valence-corrected chi connectivity index (χ4v) is 3.19. The minimum absolute atomic E-state index is 0. The van der Waals surface area contributed by atoms with Crippen LogP contribution in [0.3, 0.4) is 0 Å². The third-order valence-electron chi connectivity index (χ3n) is 4.40. The zero-order valence-electron chi connectivity index (χ0n) is 14.8. The number of nitro groups is 1. The zero-order valence-corrected chi connectivity index (χ0v) is 15.6. The van der Waals surface area contributed by atoms with E-state index in [4.69, 9.17) is 0 Å². The maximum Gasteiger partial charge on any atom is 0.292 e. The molecule has 0 radical (unpaired) electrons. The van der Waals surface area contributed by atoms with Crippen LogP contribution in [0.25, 0.3) is 0 Å². The van der Waals surface area contributed by atoms with E-state index in [1.165, 1.54) is 6.07 Å². The van der Waals surface area contributed by atoms with Gasteiger partial charge in [-0.2, -0.15) is 0 Å². The van der Waals surface area contributed by atoms with Crippen LogP contribution in [0.15, 0.2) is 24.3 Å². The molecule has 1 saturated heterocycles. The SMILES string of the molecule is CCCN(C(=O)CN(C)c1ccccc1[N+](=O)[O-])C1CCNCC1.Cl. The zero-order chi connectivity index (χ0) is 17.5. The van der Waals surface area contributed by atoms with Crippen molar-refractivity contribution in [2.24, 2.45) is 0 Å². The van der Waals surface area contributed by atoms with Crippen LogP contribution in [-0.2, 0) is 4.79 Å². The lowest BCUT2D eigenvalue weighted by molar-refractivity contribution is -0.384. The number of piperidine rings is 1. The third-order valence-corrected chi connectivity index (χ3v) is 4.40. The number of halogens is 1. The number of likely N-dealkylation sites (N-methyl/N-ethyl adjacent to an activating group) is 1. The summed E-state index contributed by atoms with van der Waals surface area (Å²) in [5.41, 5.74) is 0.495. The molecule has 2 rings (SSSR count). The average molecular weight is 371 g/mol. The summed E-state index contributed by atoms with van der Waals surface area (Å²) in [6.45, 7) is 4.80. The largest absolute Gasteiger partial charge is 0.360 e. The Morgan fingerprint density at radius 2 is 1.96 bits per heavy atom. The summed E-state index contributed by atoms with van der Waals surface area (Å²) < 4.78 is 0. The summed E-state index contributed by atoms with van der Waals surface area (Å²) >= 11 is 0. The Hall–Kier alpha value is -1.86. The summed E-state index contributed by atoms with van der Waals surface area (Å²) in [4.78, 5) is 27.2. The Morgan fingerprint density at radius 1 is 1.32 bits per heavy atom. The maximum absolute atomic E-state index is 12.8. The van der Waals surface area contributed by atoms with Gasteiger partial charge in [-0.05, 0) is 38.4 Å². The van der Waals surface area contributed by atoms with Gasteiger partial charge in [0.15, 0.2) is 0 Å². The normalized spacial score (nSPS) is 14.5. The molecular weight excluding hydrogens is 344 g/mol. The minimum atomic E-state index is -0.410. The molecule has 140 valence electrons. The number of hydrogen-bond acceptors (Lipinski definition) is 5. The van der Waals surface area contributed by atoms with Gasteiger partial charge in [0.05, 0.1) is 11.5 Å². The van der Waals surface area contributed by atoms with Crippen LogP contribution in [0, 0.1) is 10.1 Å². The highest BCUT2D eigenvalue weighted by molar-refractivity contribution is 5.85. The highest BCUT2D eigenvalue weighted by Crippen LogP contribution is 2.26. The van der Waals surface area contributed by atoms with Crippen molar-refractivity contribution in [2.75, 3.05) is 38.1 Å². The van der Waals surface area contributed by atoms with E-state index in [1.807, 2.05) is 4.90 Å². The molecule has 25 heavy (non-hydrogen) atoms. The third kappa shape index (κ3) is 5.57. The second-order valence-corrected chi connectivity index (χ2v) is 6.17. The van der Waals surface area contributed by atoms with Crippen LogP contribution < -0.4 is 10.2 Å². The van der Waals surface area contributed by atoms with Crippen LogP contribution >= 0.6 is 12.4 Å². The number of anilines is 1. The Labute approximate surface area is 154 Å². The summed E-state index contributed by atoms with van der Waals surface area (Å²) in [5.74, 6) is 0.0319. The number of benzene rings is 1. The summed E-state index contributed by atoms with van der Waals surface area (Å²) in [5, 5.41) is 14.5. The molecule has 0 saturated carbocycles. The van der Waals surface area contributed by atoms with E-state index < -0.39 is 4.92 Å². The second kappa shape index (κ2) is 10.2. The molecule has 0 unspecified atom stereocenters. The molecule has 1 N–H and O–H groups in total. The molecule has 1 fully saturated rings. The van der Waals surface area contributed by atoms with Crippen molar-refractivity contribution in [3.8, 4) is 0 Å². The molecule has 1 amide bonds. The molecule has 1 aliphatic rings. The monoisotopic (exact) mass is 370 g/mol. The molecule has 7 nitrogen and oxygen atoms in total. The molecule has 0 aliphatic carbocycles. The van der Waals surface area contributed by atoms with Crippen molar-refractivity contribution >= 4 is 29.7 Å². The first-order valence-corrected chi connectivity index (χ1v) is 8.49.